The molecule has 0 aromatic heterocycles. The normalized spacial score (nSPS) is 11.2. The van der Waals surface area contributed by atoms with Gasteiger partial charge in [-0.05, 0) is 17.4 Å². The third kappa shape index (κ3) is 9.72. The van der Waals surface area contributed by atoms with Crippen molar-refractivity contribution in [1.82, 2.24) is 0 Å². The zero-order valence-electron chi connectivity index (χ0n) is 25.5. The summed E-state index contributed by atoms with van der Waals surface area (Å²) < 4.78 is 0. The quantitative estimate of drug-likeness (QED) is 0.194. The second kappa shape index (κ2) is 16.1. The molecule has 1 aliphatic rings. The zero-order chi connectivity index (χ0) is 28.8. The number of hydrogen-bond donors (Lipinski definition) is 0. The summed E-state index contributed by atoms with van der Waals surface area (Å²) in [5.74, 6) is 0. The summed E-state index contributed by atoms with van der Waals surface area (Å²) in [5.41, 5.74) is 8.31. The van der Waals surface area contributed by atoms with Crippen molar-refractivity contribution < 1.29 is 48.1 Å². The average Bonchev–Trinajstić information content (AvgIpc) is 3.64. The fraction of sp³-hybridized carbons (Fsp3) is 0.237. The van der Waals surface area contributed by atoms with E-state index in [1.807, 2.05) is 30.3 Å². The zero-order valence-corrected chi connectivity index (χ0v) is 30.5. The summed E-state index contributed by atoms with van der Waals surface area (Å²) >= 11 is 1.64. The van der Waals surface area contributed by atoms with Crippen LogP contribution in [0.2, 0.25) is 0 Å². The molecule has 216 valence electrons. The Hall–Kier alpha value is -2.09. The Kier molecular flexibility index (Phi) is 13.9. The molecule has 0 unspecified atom stereocenters. The van der Waals surface area contributed by atoms with Gasteiger partial charge in [-0.25, -0.2) is 12.1 Å². The Morgan fingerprint density at radius 1 is 0.643 bits per heavy atom. The molecule has 42 heavy (non-hydrogen) atoms. The Labute approximate surface area is 281 Å². The smallest absolute Gasteiger partial charge is 0.172 e. The second-order valence-electron chi connectivity index (χ2n) is 12.4. The Bertz CT molecular complexity index is 1410. The van der Waals surface area contributed by atoms with Crippen LogP contribution in [-0.4, -0.2) is 5.43 Å². The Balaban J connectivity index is 0.000000253. The van der Waals surface area contributed by atoms with Crippen molar-refractivity contribution in [2.24, 2.45) is 0 Å². The van der Waals surface area contributed by atoms with Gasteiger partial charge in [-0.1, -0.05) is 76.3 Å². The molecule has 4 heteroatoms. The SMILES string of the molecule is CC(C)(C)c1c[c-]c2c(c1)-c1cc(C(C)(C)C)ccc1C2.[Cl-].[Cl-].[Zr+2]=[Si](c1ccccc1)c1ccccc1.c1cc[cH-]c1. The molecule has 0 radical (unpaired) electrons. The third-order valence-corrected chi connectivity index (χ3v) is 13.3. The van der Waals surface area contributed by atoms with Gasteiger partial charge in [-0.2, -0.15) is 47.5 Å². The predicted octanol–water partition coefficient (Wildman–Crippen LogP) is 2.41. The fourth-order valence-corrected chi connectivity index (χ4v) is 8.52. The van der Waals surface area contributed by atoms with Crippen molar-refractivity contribution in [1.29, 1.82) is 0 Å². The van der Waals surface area contributed by atoms with E-state index in [2.05, 4.69) is 139 Å². The van der Waals surface area contributed by atoms with Gasteiger partial charge in [0.15, 0.2) is 0 Å². The first-order valence-corrected chi connectivity index (χ1v) is 19.3. The molecule has 5 aromatic rings. The summed E-state index contributed by atoms with van der Waals surface area (Å²) in [4.78, 5) is 0. The molecular weight excluding hydrogens is 647 g/mol. The van der Waals surface area contributed by atoms with Crippen LogP contribution >= 0.6 is 0 Å². The average molecular weight is 687 g/mol. The molecule has 5 aromatic carbocycles. The van der Waals surface area contributed by atoms with Crippen molar-refractivity contribution in [2.75, 3.05) is 0 Å². The first kappa shape index (κ1) is 36.1. The monoisotopic (exact) mass is 684 g/mol. The summed E-state index contributed by atoms with van der Waals surface area (Å²) in [5, 5.41) is 3.03. The number of hydrogen-bond acceptors (Lipinski definition) is 0. The molecule has 6 rings (SSSR count). The van der Waals surface area contributed by atoms with Crippen LogP contribution < -0.4 is 35.2 Å². The van der Waals surface area contributed by atoms with E-state index in [0.29, 0.717) is 0 Å². The topological polar surface area (TPSA) is 0 Å². The molecule has 0 N–H and O–H groups in total. The van der Waals surface area contributed by atoms with Gasteiger partial charge in [-0.15, -0.1) is 5.56 Å². The van der Waals surface area contributed by atoms with Gasteiger partial charge >= 0.3 is 99.8 Å². The van der Waals surface area contributed by atoms with E-state index in [1.165, 1.54) is 43.8 Å². The molecule has 0 saturated heterocycles. The van der Waals surface area contributed by atoms with Gasteiger partial charge < -0.3 is 24.8 Å². The minimum atomic E-state index is -0.455. The summed E-state index contributed by atoms with van der Waals surface area (Å²) in [7, 11) is 0. The third-order valence-electron chi connectivity index (χ3n) is 7.21. The first-order valence-electron chi connectivity index (χ1n) is 14.1. The molecule has 0 atom stereocenters. The van der Waals surface area contributed by atoms with E-state index in [1.54, 1.807) is 23.3 Å². The maximum atomic E-state index is 3.53. The van der Waals surface area contributed by atoms with Crippen LogP contribution in [0.25, 0.3) is 11.1 Å². The molecule has 0 amide bonds. The van der Waals surface area contributed by atoms with Crippen LogP contribution in [-0.2, 0) is 40.6 Å². The van der Waals surface area contributed by atoms with E-state index in [9.17, 15) is 0 Å². The van der Waals surface area contributed by atoms with Gasteiger partial charge in [0.1, 0.15) is 0 Å². The van der Waals surface area contributed by atoms with E-state index >= 15 is 0 Å². The molecule has 0 fully saturated rings. The number of halogens is 2. The van der Waals surface area contributed by atoms with E-state index in [0.717, 1.165) is 6.42 Å². The summed E-state index contributed by atoms with van der Waals surface area (Å²) in [6, 6.07) is 46.7. The summed E-state index contributed by atoms with van der Waals surface area (Å²) in [6.45, 7) is 13.6. The van der Waals surface area contributed by atoms with E-state index in [-0.39, 0.29) is 35.6 Å². The predicted molar refractivity (Wildman–Crippen MR) is 171 cm³/mol. The van der Waals surface area contributed by atoms with Crippen molar-refractivity contribution in [3.05, 3.63) is 150 Å². The fourth-order valence-electron chi connectivity index (χ4n) is 4.68. The molecule has 0 heterocycles. The van der Waals surface area contributed by atoms with E-state index in [4.69, 9.17) is 0 Å². The molecule has 0 bridgehead atoms. The summed E-state index contributed by atoms with van der Waals surface area (Å²) in [6.07, 6.45) is 1.03. The molecule has 0 aliphatic heterocycles. The van der Waals surface area contributed by atoms with Gasteiger partial charge in [0.2, 0.25) is 0 Å². The van der Waals surface area contributed by atoms with Gasteiger partial charge in [0, 0.05) is 0 Å². The molecule has 0 saturated carbocycles. The first-order chi connectivity index (χ1) is 19.0. The van der Waals surface area contributed by atoms with Crippen LogP contribution in [0.1, 0.15) is 63.8 Å². The Morgan fingerprint density at radius 2 is 1.14 bits per heavy atom. The second-order valence-corrected chi connectivity index (χ2v) is 18.0. The van der Waals surface area contributed by atoms with Crippen LogP contribution in [0.4, 0.5) is 0 Å². The van der Waals surface area contributed by atoms with Gasteiger partial charge in [0.25, 0.3) is 0 Å². The molecule has 0 nitrogen and oxygen atoms in total. The molecular formula is C38H40Cl2SiZr-2. The number of benzene rings is 4. The standard InChI is InChI=1S/C21H25.C12H10Si.C5H5.2ClH.Zr/c1-20(2,3)16-9-7-14-11-15-8-10-17(21(4,5)6)13-19(15)18(14)12-16;1-3-7-11(8-4-1)13-12-9-5-2-6-10-12;1-2-4-5-3-1;;;/h7,9-10,12-13H,11H2,1-6H3;1-10H;1-5H;2*1H;/q-1;;-1;;;+2/p-2. The van der Waals surface area contributed by atoms with E-state index < -0.39 is 5.43 Å². The number of rotatable bonds is 2. The van der Waals surface area contributed by atoms with Crippen molar-refractivity contribution in [3.8, 4) is 11.1 Å². The largest absolute Gasteiger partial charge is 0.214 e. The van der Waals surface area contributed by atoms with Crippen molar-refractivity contribution in [3.63, 3.8) is 0 Å². The van der Waals surface area contributed by atoms with Crippen LogP contribution in [0.5, 0.6) is 0 Å². The minimum Gasteiger partial charge on any atom is -0.214 e. The number of fused-ring (bicyclic) bond motifs is 3. The van der Waals surface area contributed by atoms with Gasteiger partial charge in [0.05, 0.1) is 0 Å². The van der Waals surface area contributed by atoms with Crippen molar-refractivity contribution >= 4 is 15.8 Å². The van der Waals surface area contributed by atoms with Crippen LogP contribution in [0.15, 0.2) is 121 Å². The van der Waals surface area contributed by atoms with Crippen LogP contribution in [0.3, 0.4) is 0 Å². The van der Waals surface area contributed by atoms with Crippen LogP contribution in [0, 0.1) is 6.07 Å². The minimum absolute atomic E-state index is 0. The van der Waals surface area contributed by atoms with Gasteiger partial charge in [-0.3, -0.25) is 0 Å². The Morgan fingerprint density at radius 3 is 1.60 bits per heavy atom. The van der Waals surface area contributed by atoms with Crippen molar-refractivity contribution in [2.45, 2.75) is 58.8 Å². The molecule has 0 spiro atoms. The molecule has 1 aliphatic carbocycles. The maximum Gasteiger partial charge on any atom is -0.172 e. The maximum absolute atomic E-state index is 3.53.